The van der Waals surface area contributed by atoms with Crippen LogP contribution in [0.1, 0.15) is 38.4 Å². The third-order valence-electron chi connectivity index (χ3n) is 5.18. The number of piperazine rings is 1. The molecule has 0 spiro atoms. The van der Waals surface area contributed by atoms with Gasteiger partial charge < -0.3 is 10.2 Å². The van der Waals surface area contributed by atoms with E-state index in [0.717, 1.165) is 38.4 Å². The van der Waals surface area contributed by atoms with Crippen molar-refractivity contribution in [1.29, 1.82) is 0 Å². The van der Waals surface area contributed by atoms with Gasteiger partial charge >= 0.3 is 6.03 Å². The molecule has 2 fully saturated rings. The largest absolute Gasteiger partial charge is 0.337 e. The summed E-state index contributed by atoms with van der Waals surface area (Å²) < 4.78 is 0.227. The number of hydrogen-bond donors (Lipinski definition) is 1. The molecule has 2 aliphatic heterocycles. The minimum atomic E-state index is 0.0915. The summed E-state index contributed by atoms with van der Waals surface area (Å²) in [5.41, 5.74) is 1.10. The van der Waals surface area contributed by atoms with Crippen LogP contribution in [0.5, 0.6) is 0 Å². The van der Waals surface area contributed by atoms with Crippen molar-refractivity contribution in [2.45, 2.75) is 37.5 Å². The van der Waals surface area contributed by atoms with E-state index in [1.54, 1.807) is 0 Å². The van der Waals surface area contributed by atoms with Gasteiger partial charge in [0.1, 0.15) is 0 Å². The third kappa shape index (κ3) is 4.22. The van der Waals surface area contributed by atoms with Crippen molar-refractivity contribution >= 4 is 17.8 Å². The lowest BCUT2D eigenvalue weighted by Crippen LogP contribution is -2.53. The Morgan fingerprint density at radius 3 is 2.79 bits per heavy atom. The number of rotatable bonds is 4. The number of aromatic nitrogens is 1. The second-order valence-corrected chi connectivity index (χ2v) is 8.70. The van der Waals surface area contributed by atoms with E-state index in [-0.39, 0.29) is 10.8 Å². The summed E-state index contributed by atoms with van der Waals surface area (Å²) in [5.74, 6) is 1.22. The first kappa shape index (κ1) is 17.5. The SMILES string of the molecule is C[C@@H](c1ccccn1)N1CCN(C(=O)NC[C@@]2(C)CCCS2)CC1. The number of urea groups is 1. The second kappa shape index (κ2) is 7.74. The van der Waals surface area contributed by atoms with Gasteiger partial charge in [-0.15, -0.1) is 0 Å². The standard InChI is InChI=1S/C18H28N4OS/c1-15(16-6-3-4-8-19-16)21-9-11-22(12-10-21)17(23)20-14-18(2)7-5-13-24-18/h3-4,6,8,15H,5,7,9-14H2,1-2H3,(H,20,23)/t15-,18+/m0/s1. The van der Waals surface area contributed by atoms with E-state index in [1.165, 1.54) is 18.6 Å². The van der Waals surface area contributed by atoms with Crippen molar-refractivity contribution in [2.24, 2.45) is 0 Å². The van der Waals surface area contributed by atoms with Crippen LogP contribution in [0.2, 0.25) is 0 Å². The van der Waals surface area contributed by atoms with Gasteiger partial charge in [0.25, 0.3) is 0 Å². The molecule has 2 saturated heterocycles. The molecule has 3 heterocycles. The molecule has 132 valence electrons. The molecular weight excluding hydrogens is 320 g/mol. The second-order valence-electron chi connectivity index (χ2n) is 7.01. The Kier molecular flexibility index (Phi) is 5.66. The molecule has 1 aromatic rings. The smallest absolute Gasteiger partial charge is 0.317 e. The van der Waals surface area contributed by atoms with Crippen molar-refractivity contribution in [1.82, 2.24) is 20.1 Å². The van der Waals surface area contributed by atoms with Gasteiger partial charge in [-0.05, 0) is 44.6 Å². The fraction of sp³-hybridized carbons (Fsp3) is 0.667. The summed E-state index contributed by atoms with van der Waals surface area (Å²) >= 11 is 1.99. The highest BCUT2D eigenvalue weighted by Crippen LogP contribution is 2.37. The van der Waals surface area contributed by atoms with Crippen LogP contribution in [-0.4, -0.2) is 64.0 Å². The zero-order valence-electron chi connectivity index (χ0n) is 14.7. The number of carbonyl (C=O) groups excluding carboxylic acids is 1. The Bertz CT molecular complexity index is 539. The normalized spacial score (nSPS) is 26.3. The first-order chi connectivity index (χ1) is 11.6. The molecular formula is C18H28N4OS. The molecule has 2 amide bonds. The van der Waals surface area contributed by atoms with Gasteiger partial charge in [0.2, 0.25) is 0 Å². The van der Waals surface area contributed by atoms with Crippen LogP contribution in [0.25, 0.3) is 0 Å². The molecule has 24 heavy (non-hydrogen) atoms. The maximum absolute atomic E-state index is 12.4. The Hall–Kier alpha value is -1.27. The third-order valence-corrected chi connectivity index (χ3v) is 6.72. The van der Waals surface area contributed by atoms with Gasteiger partial charge in [-0.1, -0.05) is 6.07 Å². The van der Waals surface area contributed by atoms with Crippen molar-refractivity contribution in [3.8, 4) is 0 Å². The lowest BCUT2D eigenvalue weighted by Gasteiger charge is -2.38. The summed E-state index contributed by atoms with van der Waals surface area (Å²) in [4.78, 5) is 21.2. The number of thioether (sulfide) groups is 1. The van der Waals surface area contributed by atoms with Crippen molar-refractivity contribution in [3.05, 3.63) is 30.1 Å². The number of amides is 2. The van der Waals surface area contributed by atoms with Crippen LogP contribution in [0.4, 0.5) is 4.79 Å². The minimum Gasteiger partial charge on any atom is -0.337 e. The molecule has 1 N–H and O–H groups in total. The predicted octanol–water partition coefficient (Wildman–Crippen LogP) is 2.76. The molecule has 0 saturated carbocycles. The average molecular weight is 349 g/mol. The van der Waals surface area contributed by atoms with E-state index in [9.17, 15) is 4.79 Å². The highest BCUT2D eigenvalue weighted by molar-refractivity contribution is 8.00. The lowest BCUT2D eigenvalue weighted by molar-refractivity contribution is 0.112. The Balaban J connectivity index is 1.45. The van der Waals surface area contributed by atoms with Crippen molar-refractivity contribution in [3.63, 3.8) is 0 Å². The average Bonchev–Trinajstić information content (AvgIpc) is 3.07. The number of pyridine rings is 1. The summed E-state index contributed by atoms with van der Waals surface area (Å²) in [6.07, 6.45) is 4.31. The first-order valence-corrected chi connectivity index (χ1v) is 9.88. The van der Waals surface area contributed by atoms with Crippen LogP contribution >= 0.6 is 11.8 Å². The number of carbonyl (C=O) groups is 1. The first-order valence-electron chi connectivity index (χ1n) is 8.89. The van der Waals surface area contributed by atoms with Crippen LogP contribution < -0.4 is 5.32 Å². The minimum absolute atomic E-state index is 0.0915. The summed E-state index contributed by atoms with van der Waals surface area (Å²) in [6, 6.07) is 6.44. The number of nitrogens with zero attached hydrogens (tertiary/aromatic N) is 3. The molecule has 0 aliphatic carbocycles. The van der Waals surface area contributed by atoms with Crippen molar-refractivity contribution in [2.75, 3.05) is 38.5 Å². The zero-order chi connectivity index (χ0) is 17.0. The monoisotopic (exact) mass is 348 g/mol. The summed E-state index contributed by atoms with van der Waals surface area (Å²) in [5, 5.41) is 3.15. The molecule has 3 rings (SSSR count). The molecule has 2 atom stereocenters. The molecule has 0 aromatic carbocycles. The van der Waals surface area contributed by atoms with Crippen LogP contribution in [0.3, 0.4) is 0 Å². The Labute approximate surface area is 149 Å². The number of hydrogen-bond acceptors (Lipinski definition) is 4. The highest BCUT2D eigenvalue weighted by atomic mass is 32.2. The van der Waals surface area contributed by atoms with E-state index >= 15 is 0 Å². The molecule has 0 bridgehead atoms. The van der Waals surface area contributed by atoms with Crippen LogP contribution in [-0.2, 0) is 0 Å². The summed E-state index contributed by atoms with van der Waals surface area (Å²) in [6.45, 7) is 8.60. The van der Waals surface area contributed by atoms with Gasteiger partial charge in [-0.25, -0.2) is 4.79 Å². The van der Waals surface area contributed by atoms with Gasteiger partial charge in [0, 0.05) is 49.7 Å². The predicted molar refractivity (Wildman–Crippen MR) is 99.3 cm³/mol. The van der Waals surface area contributed by atoms with E-state index in [2.05, 4.69) is 35.1 Å². The molecule has 1 aromatic heterocycles. The topological polar surface area (TPSA) is 48.5 Å². The molecule has 2 aliphatic rings. The molecule has 0 radical (unpaired) electrons. The van der Waals surface area contributed by atoms with Gasteiger partial charge in [-0.2, -0.15) is 11.8 Å². The van der Waals surface area contributed by atoms with Gasteiger partial charge in [0.05, 0.1) is 5.69 Å². The quantitative estimate of drug-likeness (QED) is 0.909. The molecule has 0 unspecified atom stereocenters. The van der Waals surface area contributed by atoms with Gasteiger partial charge in [-0.3, -0.25) is 9.88 Å². The summed E-state index contributed by atoms with van der Waals surface area (Å²) in [7, 11) is 0. The maximum atomic E-state index is 12.4. The van der Waals surface area contributed by atoms with Crippen LogP contribution in [0, 0.1) is 0 Å². The molecule has 6 heteroatoms. The molecule has 5 nitrogen and oxygen atoms in total. The van der Waals surface area contributed by atoms with Crippen LogP contribution in [0.15, 0.2) is 24.4 Å². The van der Waals surface area contributed by atoms with E-state index < -0.39 is 0 Å². The Morgan fingerprint density at radius 1 is 1.38 bits per heavy atom. The Morgan fingerprint density at radius 2 is 2.17 bits per heavy atom. The number of nitrogens with one attached hydrogen (secondary N) is 1. The van der Waals surface area contributed by atoms with E-state index in [4.69, 9.17) is 0 Å². The fourth-order valence-corrected chi connectivity index (χ4v) is 4.72. The van der Waals surface area contributed by atoms with E-state index in [0.29, 0.717) is 6.04 Å². The highest BCUT2D eigenvalue weighted by Gasteiger charge is 2.31. The van der Waals surface area contributed by atoms with Gasteiger partial charge in [0.15, 0.2) is 0 Å². The van der Waals surface area contributed by atoms with E-state index in [1.807, 2.05) is 35.0 Å². The maximum Gasteiger partial charge on any atom is 0.317 e. The zero-order valence-corrected chi connectivity index (χ0v) is 15.5. The van der Waals surface area contributed by atoms with Crippen molar-refractivity contribution < 1.29 is 4.79 Å². The fourth-order valence-electron chi connectivity index (χ4n) is 3.47. The lowest BCUT2D eigenvalue weighted by atomic mass is 10.1.